The van der Waals surface area contributed by atoms with E-state index in [-0.39, 0.29) is 5.95 Å². The largest absolute Gasteiger partial charge is 0.350 e. The molecule has 30 heavy (non-hydrogen) atoms. The van der Waals surface area contributed by atoms with Crippen LogP contribution in [0.3, 0.4) is 0 Å². The second kappa shape index (κ2) is 7.25. The Morgan fingerprint density at radius 3 is 2.80 bits per heavy atom. The van der Waals surface area contributed by atoms with Gasteiger partial charge in [-0.2, -0.15) is 9.65 Å². The van der Waals surface area contributed by atoms with Crippen molar-refractivity contribution < 1.29 is 9.31 Å². The first-order valence-corrected chi connectivity index (χ1v) is 8.92. The number of benzene rings is 2. The molecule has 0 fully saturated rings. The number of nitrogens with one attached hydrogen (secondary N) is 1. The molecule has 0 unspecified atom stereocenters. The highest BCUT2D eigenvalue weighted by atomic mass is 19.1. The van der Waals surface area contributed by atoms with Crippen LogP contribution in [0.25, 0.3) is 22.2 Å². The number of halogens is 1. The van der Waals surface area contributed by atoms with Crippen molar-refractivity contribution in [3.8, 4) is 17.3 Å². The number of hydrogen-bond acceptors (Lipinski definition) is 6. The second-order valence-corrected chi connectivity index (χ2v) is 6.74. The molecule has 4 aromatic rings. The number of fused-ring (bicyclic) bond motifs is 1. The van der Waals surface area contributed by atoms with Crippen LogP contribution in [-0.4, -0.2) is 19.5 Å². The zero-order chi connectivity index (χ0) is 21.4. The third-order valence-electron chi connectivity index (χ3n) is 4.80. The van der Waals surface area contributed by atoms with Crippen LogP contribution in [0.1, 0.15) is 11.1 Å². The van der Waals surface area contributed by atoms with Gasteiger partial charge in [0.1, 0.15) is 6.07 Å². The van der Waals surface area contributed by atoms with Crippen LogP contribution in [0.2, 0.25) is 0 Å². The summed E-state index contributed by atoms with van der Waals surface area (Å²) in [4.78, 5) is 18.9. The monoisotopic (exact) mass is 402 g/mol. The first-order chi connectivity index (χ1) is 14.4. The zero-order valence-electron chi connectivity index (χ0n) is 16.0. The van der Waals surface area contributed by atoms with Crippen LogP contribution in [0.5, 0.6) is 0 Å². The zero-order valence-corrected chi connectivity index (χ0v) is 16.0. The molecule has 8 nitrogen and oxygen atoms in total. The van der Waals surface area contributed by atoms with Crippen molar-refractivity contribution in [1.82, 2.24) is 14.5 Å². The van der Waals surface area contributed by atoms with Gasteiger partial charge in [-0.15, -0.1) is 0 Å². The van der Waals surface area contributed by atoms with Crippen LogP contribution >= 0.6 is 0 Å². The standard InChI is InChI=1S/C21H15FN6O2/c1-12-7-16(22)19(28(29)30)8-17(12)25-21-24-10-13(9-23)20(26-21)15-11-27(2)18-6-4-3-5-14(15)18/h3-8,10-11H,1-2H3,(H,24,25,26). The van der Waals surface area contributed by atoms with Gasteiger partial charge in [0, 0.05) is 35.8 Å². The van der Waals surface area contributed by atoms with Crippen molar-refractivity contribution in [2.24, 2.45) is 7.05 Å². The Kier molecular flexibility index (Phi) is 4.60. The summed E-state index contributed by atoms with van der Waals surface area (Å²) in [5.41, 5.74) is 2.58. The van der Waals surface area contributed by atoms with E-state index < -0.39 is 16.4 Å². The normalized spacial score (nSPS) is 10.7. The summed E-state index contributed by atoms with van der Waals surface area (Å²) in [6.07, 6.45) is 3.27. The fourth-order valence-corrected chi connectivity index (χ4v) is 3.32. The molecule has 148 valence electrons. The highest BCUT2D eigenvalue weighted by Crippen LogP contribution is 2.32. The van der Waals surface area contributed by atoms with Gasteiger partial charge >= 0.3 is 5.69 Å². The SMILES string of the molecule is Cc1cc(F)c([N+](=O)[O-])cc1Nc1ncc(C#N)c(-c2cn(C)c3ccccc23)n1. The highest BCUT2D eigenvalue weighted by molar-refractivity contribution is 5.96. The van der Waals surface area contributed by atoms with Gasteiger partial charge in [0.15, 0.2) is 0 Å². The number of rotatable bonds is 4. The van der Waals surface area contributed by atoms with E-state index in [0.29, 0.717) is 22.5 Å². The molecule has 0 aliphatic rings. The average Bonchev–Trinajstić information content (AvgIpc) is 3.06. The third-order valence-corrected chi connectivity index (χ3v) is 4.80. The average molecular weight is 402 g/mol. The molecule has 0 atom stereocenters. The molecule has 0 bridgehead atoms. The molecule has 9 heteroatoms. The molecule has 0 amide bonds. The van der Waals surface area contributed by atoms with Crippen molar-refractivity contribution >= 4 is 28.2 Å². The Hall–Kier alpha value is -4.32. The number of nitriles is 1. The molecule has 2 aromatic carbocycles. The second-order valence-electron chi connectivity index (χ2n) is 6.74. The molecule has 0 radical (unpaired) electrons. The van der Waals surface area contributed by atoms with Crippen molar-refractivity contribution in [3.63, 3.8) is 0 Å². The van der Waals surface area contributed by atoms with Crippen molar-refractivity contribution in [2.75, 3.05) is 5.32 Å². The van der Waals surface area contributed by atoms with E-state index in [0.717, 1.165) is 28.6 Å². The Morgan fingerprint density at radius 2 is 2.07 bits per heavy atom. The van der Waals surface area contributed by atoms with Gasteiger partial charge in [-0.1, -0.05) is 18.2 Å². The van der Waals surface area contributed by atoms with E-state index >= 15 is 0 Å². The summed E-state index contributed by atoms with van der Waals surface area (Å²) in [5, 5.41) is 24.4. The van der Waals surface area contributed by atoms with Crippen LogP contribution in [0, 0.1) is 34.2 Å². The fourth-order valence-electron chi connectivity index (χ4n) is 3.32. The molecule has 0 saturated carbocycles. The van der Waals surface area contributed by atoms with Gasteiger partial charge in [0.2, 0.25) is 11.8 Å². The first kappa shape index (κ1) is 19.0. The predicted octanol–water partition coefficient (Wildman–Crippen LogP) is 4.61. The molecule has 2 aromatic heterocycles. The number of aryl methyl sites for hydroxylation is 2. The summed E-state index contributed by atoms with van der Waals surface area (Å²) < 4.78 is 15.8. The summed E-state index contributed by atoms with van der Waals surface area (Å²) in [7, 11) is 1.90. The van der Waals surface area contributed by atoms with Gasteiger partial charge in [-0.25, -0.2) is 9.97 Å². The highest BCUT2D eigenvalue weighted by Gasteiger charge is 2.19. The van der Waals surface area contributed by atoms with Crippen molar-refractivity contribution in [2.45, 2.75) is 6.92 Å². The van der Waals surface area contributed by atoms with Crippen LogP contribution in [0.15, 0.2) is 48.8 Å². The van der Waals surface area contributed by atoms with Gasteiger partial charge in [-0.05, 0) is 24.6 Å². The number of nitro groups is 1. The molecular weight excluding hydrogens is 387 g/mol. The molecule has 0 spiro atoms. The van der Waals surface area contributed by atoms with Crippen molar-refractivity contribution in [1.29, 1.82) is 5.26 Å². The van der Waals surface area contributed by atoms with Gasteiger partial charge in [-0.3, -0.25) is 10.1 Å². The van der Waals surface area contributed by atoms with E-state index in [2.05, 4.69) is 21.4 Å². The number of nitrogens with zero attached hydrogens (tertiary/aromatic N) is 5. The summed E-state index contributed by atoms with van der Waals surface area (Å²) in [6, 6.07) is 12.0. The summed E-state index contributed by atoms with van der Waals surface area (Å²) >= 11 is 0. The number of anilines is 2. The molecule has 0 aliphatic heterocycles. The molecule has 2 heterocycles. The van der Waals surface area contributed by atoms with E-state index in [1.807, 2.05) is 42.1 Å². The lowest BCUT2D eigenvalue weighted by Gasteiger charge is -2.10. The summed E-state index contributed by atoms with van der Waals surface area (Å²) in [5.74, 6) is -0.777. The minimum atomic E-state index is -0.916. The lowest BCUT2D eigenvalue weighted by Crippen LogP contribution is -2.03. The number of nitro benzene ring substituents is 1. The number of hydrogen-bond donors (Lipinski definition) is 1. The minimum absolute atomic E-state index is 0.140. The number of para-hydroxylation sites is 1. The van der Waals surface area contributed by atoms with E-state index in [1.54, 1.807) is 6.92 Å². The van der Waals surface area contributed by atoms with Crippen LogP contribution in [-0.2, 0) is 7.05 Å². The van der Waals surface area contributed by atoms with E-state index in [4.69, 9.17) is 0 Å². The van der Waals surface area contributed by atoms with E-state index in [9.17, 15) is 19.8 Å². The maximum atomic E-state index is 13.8. The fraction of sp³-hybridized carbons (Fsp3) is 0.0952. The third kappa shape index (κ3) is 3.20. The minimum Gasteiger partial charge on any atom is -0.350 e. The summed E-state index contributed by atoms with van der Waals surface area (Å²) in [6.45, 7) is 1.62. The molecular formula is C21H15FN6O2. The Morgan fingerprint density at radius 1 is 1.30 bits per heavy atom. The Bertz CT molecular complexity index is 1360. The first-order valence-electron chi connectivity index (χ1n) is 8.92. The smallest absolute Gasteiger partial charge is 0.306 e. The molecule has 0 saturated heterocycles. The lowest BCUT2D eigenvalue weighted by atomic mass is 10.1. The quantitative estimate of drug-likeness (QED) is 0.394. The number of aromatic nitrogens is 3. The Balaban J connectivity index is 1.82. The van der Waals surface area contributed by atoms with Crippen LogP contribution < -0.4 is 5.32 Å². The maximum Gasteiger partial charge on any atom is 0.306 e. The van der Waals surface area contributed by atoms with Gasteiger partial charge in [0.05, 0.1) is 28.1 Å². The maximum absolute atomic E-state index is 13.8. The van der Waals surface area contributed by atoms with E-state index in [1.165, 1.54) is 6.20 Å². The lowest BCUT2D eigenvalue weighted by molar-refractivity contribution is -0.387. The predicted molar refractivity (Wildman–Crippen MR) is 110 cm³/mol. The topological polar surface area (TPSA) is 110 Å². The van der Waals surface area contributed by atoms with Gasteiger partial charge < -0.3 is 9.88 Å². The van der Waals surface area contributed by atoms with Crippen molar-refractivity contribution in [3.05, 3.63) is 75.9 Å². The molecule has 1 N–H and O–H groups in total. The molecule has 0 aliphatic carbocycles. The van der Waals surface area contributed by atoms with Crippen LogP contribution in [0.4, 0.5) is 21.7 Å². The Labute approximate surface area is 170 Å². The van der Waals surface area contributed by atoms with Gasteiger partial charge in [0.25, 0.3) is 0 Å². The molecule has 4 rings (SSSR count).